The number of hydrogen-bond acceptors (Lipinski definition) is 2. The Hall–Kier alpha value is -0.500. The number of hydrazine groups is 1. The SMILES string of the molecule is CNN/C=C\C(C)C. The molecule has 2 nitrogen and oxygen atoms in total. The Labute approximate surface area is 50.9 Å². The first-order valence-corrected chi connectivity index (χ1v) is 2.86. The largest absolute Gasteiger partial charge is 0.329 e. The van der Waals surface area contributed by atoms with E-state index in [0.29, 0.717) is 5.92 Å². The van der Waals surface area contributed by atoms with Crippen molar-refractivity contribution in [3.63, 3.8) is 0 Å². The second-order valence-corrected chi connectivity index (χ2v) is 2.00. The molecule has 0 amide bonds. The first-order valence-electron chi connectivity index (χ1n) is 2.86. The molecule has 0 saturated heterocycles. The molecular formula is C6H14N2. The van der Waals surface area contributed by atoms with Crippen molar-refractivity contribution in [2.75, 3.05) is 7.05 Å². The van der Waals surface area contributed by atoms with Gasteiger partial charge in [-0.3, -0.25) is 0 Å². The molecule has 0 heterocycles. The zero-order valence-corrected chi connectivity index (χ0v) is 5.73. The molecule has 0 aliphatic heterocycles. The number of hydrogen-bond donors (Lipinski definition) is 2. The molecule has 2 heteroatoms. The standard InChI is InChI=1S/C6H14N2/c1-6(2)4-5-8-7-3/h4-8H,1-3H3/b5-4-. The van der Waals surface area contributed by atoms with Gasteiger partial charge in [0.05, 0.1) is 0 Å². The summed E-state index contributed by atoms with van der Waals surface area (Å²) in [5, 5.41) is 0. The van der Waals surface area contributed by atoms with E-state index < -0.39 is 0 Å². The fourth-order valence-electron chi connectivity index (χ4n) is 0.324. The summed E-state index contributed by atoms with van der Waals surface area (Å²) in [4.78, 5) is 0. The first-order chi connectivity index (χ1) is 3.77. The Kier molecular flexibility index (Phi) is 4.36. The molecule has 0 fully saturated rings. The van der Waals surface area contributed by atoms with Crippen molar-refractivity contribution in [1.29, 1.82) is 0 Å². The van der Waals surface area contributed by atoms with Crippen LogP contribution in [0.5, 0.6) is 0 Å². The smallest absolute Gasteiger partial charge is 0.00876 e. The minimum Gasteiger partial charge on any atom is -0.329 e. The third kappa shape index (κ3) is 5.50. The van der Waals surface area contributed by atoms with Gasteiger partial charge in [0.2, 0.25) is 0 Å². The lowest BCUT2D eigenvalue weighted by Gasteiger charge is -1.95. The van der Waals surface area contributed by atoms with Crippen LogP contribution in [0.15, 0.2) is 12.3 Å². The van der Waals surface area contributed by atoms with E-state index in [1.54, 1.807) is 0 Å². The summed E-state index contributed by atoms with van der Waals surface area (Å²) in [5.74, 6) is 0.621. The van der Waals surface area contributed by atoms with Crippen molar-refractivity contribution in [3.05, 3.63) is 12.3 Å². The molecule has 0 aromatic carbocycles. The van der Waals surface area contributed by atoms with Gasteiger partial charge in [-0.15, -0.1) is 0 Å². The van der Waals surface area contributed by atoms with Gasteiger partial charge in [0.15, 0.2) is 0 Å². The lowest BCUT2D eigenvalue weighted by atomic mass is 10.2. The van der Waals surface area contributed by atoms with E-state index in [1.807, 2.05) is 13.2 Å². The van der Waals surface area contributed by atoms with Gasteiger partial charge in [-0.05, 0) is 5.92 Å². The summed E-state index contributed by atoms with van der Waals surface area (Å²) in [5.41, 5.74) is 5.64. The highest BCUT2D eigenvalue weighted by Gasteiger charge is 1.79. The van der Waals surface area contributed by atoms with Crippen LogP contribution in [0.1, 0.15) is 13.8 Å². The van der Waals surface area contributed by atoms with E-state index in [4.69, 9.17) is 0 Å². The van der Waals surface area contributed by atoms with Crippen LogP contribution in [0.3, 0.4) is 0 Å². The van der Waals surface area contributed by atoms with Crippen LogP contribution >= 0.6 is 0 Å². The van der Waals surface area contributed by atoms with Crippen molar-refractivity contribution in [2.45, 2.75) is 13.8 Å². The monoisotopic (exact) mass is 114 g/mol. The highest BCUT2D eigenvalue weighted by molar-refractivity contribution is 4.80. The quantitative estimate of drug-likeness (QED) is 0.532. The second kappa shape index (κ2) is 4.65. The van der Waals surface area contributed by atoms with Crippen LogP contribution in [-0.4, -0.2) is 7.05 Å². The molecule has 0 aromatic heterocycles. The van der Waals surface area contributed by atoms with Gasteiger partial charge < -0.3 is 5.43 Å². The van der Waals surface area contributed by atoms with E-state index in [2.05, 4.69) is 30.8 Å². The summed E-state index contributed by atoms with van der Waals surface area (Å²) in [7, 11) is 1.84. The van der Waals surface area contributed by atoms with E-state index in [1.165, 1.54) is 0 Å². The van der Waals surface area contributed by atoms with E-state index in [-0.39, 0.29) is 0 Å². The van der Waals surface area contributed by atoms with Gasteiger partial charge in [-0.1, -0.05) is 19.9 Å². The molecular weight excluding hydrogens is 100 g/mol. The summed E-state index contributed by atoms with van der Waals surface area (Å²) < 4.78 is 0. The van der Waals surface area contributed by atoms with Crippen LogP contribution in [-0.2, 0) is 0 Å². The Balaban J connectivity index is 3.07. The molecule has 0 aromatic rings. The van der Waals surface area contributed by atoms with Gasteiger partial charge in [0.1, 0.15) is 0 Å². The molecule has 0 bridgehead atoms. The van der Waals surface area contributed by atoms with E-state index in [0.717, 1.165) is 0 Å². The number of nitrogens with one attached hydrogen (secondary N) is 2. The summed E-state index contributed by atoms with van der Waals surface area (Å²) in [6.07, 6.45) is 3.97. The van der Waals surface area contributed by atoms with Crippen molar-refractivity contribution in [3.8, 4) is 0 Å². The summed E-state index contributed by atoms with van der Waals surface area (Å²) >= 11 is 0. The number of rotatable bonds is 3. The van der Waals surface area contributed by atoms with Crippen LogP contribution in [0.4, 0.5) is 0 Å². The molecule has 0 spiro atoms. The predicted octanol–water partition coefficient (Wildman–Crippen LogP) is 0.880. The molecule has 8 heavy (non-hydrogen) atoms. The lowest BCUT2D eigenvalue weighted by Crippen LogP contribution is -2.20. The Morgan fingerprint density at radius 3 is 2.38 bits per heavy atom. The normalized spacial score (nSPS) is 11.0. The van der Waals surface area contributed by atoms with Gasteiger partial charge in [0.25, 0.3) is 0 Å². The molecule has 0 aliphatic rings. The lowest BCUT2D eigenvalue weighted by molar-refractivity contribution is 0.716. The molecule has 2 N–H and O–H groups in total. The molecule has 0 radical (unpaired) electrons. The molecule has 0 unspecified atom stereocenters. The third-order valence-electron chi connectivity index (χ3n) is 0.709. The minimum absolute atomic E-state index is 0.621. The zero-order valence-electron chi connectivity index (χ0n) is 5.73. The van der Waals surface area contributed by atoms with Crippen molar-refractivity contribution >= 4 is 0 Å². The average Bonchev–Trinajstić information content (AvgIpc) is 1.66. The fraction of sp³-hybridized carbons (Fsp3) is 0.667. The molecule has 0 rings (SSSR count). The van der Waals surface area contributed by atoms with Crippen LogP contribution < -0.4 is 10.9 Å². The van der Waals surface area contributed by atoms with Crippen molar-refractivity contribution < 1.29 is 0 Å². The highest BCUT2D eigenvalue weighted by atomic mass is 15.3. The first kappa shape index (κ1) is 7.50. The van der Waals surface area contributed by atoms with Crippen LogP contribution in [0, 0.1) is 5.92 Å². The van der Waals surface area contributed by atoms with Gasteiger partial charge in [-0.2, -0.15) is 0 Å². The maximum atomic E-state index is 2.85. The fourth-order valence-corrected chi connectivity index (χ4v) is 0.324. The van der Waals surface area contributed by atoms with E-state index in [9.17, 15) is 0 Å². The van der Waals surface area contributed by atoms with Crippen molar-refractivity contribution in [1.82, 2.24) is 10.9 Å². The Morgan fingerprint density at radius 1 is 1.38 bits per heavy atom. The average molecular weight is 114 g/mol. The molecule has 0 saturated carbocycles. The minimum atomic E-state index is 0.621. The topological polar surface area (TPSA) is 24.1 Å². The van der Waals surface area contributed by atoms with E-state index >= 15 is 0 Å². The second-order valence-electron chi connectivity index (χ2n) is 2.00. The van der Waals surface area contributed by atoms with Gasteiger partial charge >= 0.3 is 0 Å². The van der Waals surface area contributed by atoms with Gasteiger partial charge in [-0.25, -0.2) is 5.43 Å². The summed E-state index contributed by atoms with van der Waals surface area (Å²) in [6.45, 7) is 4.27. The maximum absolute atomic E-state index is 2.85. The molecule has 0 atom stereocenters. The summed E-state index contributed by atoms with van der Waals surface area (Å²) in [6, 6.07) is 0. The number of allylic oxidation sites excluding steroid dienone is 1. The highest BCUT2D eigenvalue weighted by Crippen LogP contribution is 1.89. The van der Waals surface area contributed by atoms with Gasteiger partial charge in [0, 0.05) is 13.2 Å². The maximum Gasteiger partial charge on any atom is 0.00876 e. The molecule has 0 aliphatic carbocycles. The predicted molar refractivity (Wildman–Crippen MR) is 36.2 cm³/mol. The van der Waals surface area contributed by atoms with Crippen LogP contribution in [0.2, 0.25) is 0 Å². The zero-order chi connectivity index (χ0) is 6.41. The Bertz CT molecular complexity index is 66.9. The molecule has 48 valence electrons. The Morgan fingerprint density at radius 2 is 2.00 bits per heavy atom. The van der Waals surface area contributed by atoms with Crippen molar-refractivity contribution in [2.24, 2.45) is 5.92 Å². The third-order valence-corrected chi connectivity index (χ3v) is 0.709. The van der Waals surface area contributed by atoms with Crippen LogP contribution in [0.25, 0.3) is 0 Å².